The smallest absolute Gasteiger partial charge is 0.380 e. The van der Waals surface area contributed by atoms with Crippen LogP contribution >= 0.6 is 0 Å². The van der Waals surface area contributed by atoms with Crippen molar-refractivity contribution >= 4 is 17.1 Å². The van der Waals surface area contributed by atoms with Gasteiger partial charge in [0.2, 0.25) is 5.65 Å². The van der Waals surface area contributed by atoms with Crippen molar-refractivity contribution in [2.45, 2.75) is 0 Å². The molecule has 0 saturated heterocycles. The van der Waals surface area contributed by atoms with Crippen molar-refractivity contribution in [2.75, 3.05) is 28.2 Å². The summed E-state index contributed by atoms with van der Waals surface area (Å²) >= 11 is 0. The molecule has 0 aliphatic rings. The van der Waals surface area contributed by atoms with Crippen LogP contribution < -0.4 is 0 Å². The Kier molecular flexibility index (Phi) is 2.34. The summed E-state index contributed by atoms with van der Waals surface area (Å²) in [5, 5.41) is 9.85. The molecule has 0 saturated carbocycles. The van der Waals surface area contributed by atoms with E-state index in [2.05, 4.69) is 4.98 Å². The second-order valence-corrected chi connectivity index (χ2v) is 4.04. The van der Waals surface area contributed by atoms with Crippen LogP contribution in [0.2, 0.25) is 0 Å². The molecule has 0 radical (unpaired) electrons. The van der Waals surface area contributed by atoms with E-state index in [0.29, 0.717) is 5.65 Å². The molecular weight excluding hydrogens is 206 g/mol. The van der Waals surface area contributed by atoms with E-state index in [4.69, 9.17) is 0 Å². The summed E-state index contributed by atoms with van der Waals surface area (Å²) in [6.45, 7) is 0. The monoisotopic (exact) mass is 222 g/mol. The molecule has 0 aliphatic carbocycles. The Morgan fingerprint density at radius 2 is 2.12 bits per heavy atom. The molecule has 2 aromatic rings. The minimum absolute atomic E-state index is 0.573. The molecule has 2 heterocycles. The zero-order chi connectivity index (χ0) is 11.9. The number of pyridine rings is 1. The summed E-state index contributed by atoms with van der Waals surface area (Å²) in [4.78, 5) is 7.06. The first-order valence-corrected chi connectivity index (χ1v) is 4.99. The SMILES string of the molecule is CN(C)C(n1c2cccnc2n1O)=[N+](C)C. The van der Waals surface area contributed by atoms with Gasteiger partial charge in [0.25, 0.3) is 0 Å². The summed E-state index contributed by atoms with van der Waals surface area (Å²) in [6, 6.07) is 3.77. The fourth-order valence-corrected chi connectivity index (χ4v) is 1.83. The molecule has 2 aromatic heterocycles. The Morgan fingerprint density at radius 1 is 1.44 bits per heavy atom. The van der Waals surface area contributed by atoms with E-state index in [1.165, 1.54) is 0 Å². The summed E-state index contributed by atoms with van der Waals surface area (Å²) in [7, 11) is 7.71. The van der Waals surface area contributed by atoms with Gasteiger partial charge in [0.15, 0.2) is 5.52 Å². The van der Waals surface area contributed by atoms with E-state index in [1.807, 2.05) is 49.8 Å². The van der Waals surface area contributed by atoms with Crippen LogP contribution in [0.5, 0.6) is 0 Å². The fourth-order valence-electron chi connectivity index (χ4n) is 1.83. The van der Waals surface area contributed by atoms with Gasteiger partial charge in [-0.3, -0.25) is 9.48 Å². The Morgan fingerprint density at radius 3 is 2.69 bits per heavy atom. The second kappa shape index (κ2) is 3.55. The van der Waals surface area contributed by atoms with Crippen LogP contribution in [-0.4, -0.2) is 63.3 Å². The van der Waals surface area contributed by atoms with Gasteiger partial charge in [0.1, 0.15) is 0 Å². The molecule has 0 bridgehead atoms. The fraction of sp³-hybridized carbons (Fsp3) is 0.400. The minimum Gasteiger partial charge on any atom is -0.401 e. The van der Waals surface area contributed by atoms with Gasteiger partial charge in [-0.05, 0) is 17.0 Å². The number of aromatic nitrogens is 3. The standard InChI is InChI=1S/C10H16N5O/c1-12(2)10(13(3)4)14-8-6-5-7-11-9(8)15(14)16/h5-7,16H,1-4H3/q+1. The molecule has 0 amide bonds. The zero-order valence-electron chi connectivity index (χ0n) is 9.92. The van der Waals surface area contributed by atoms with Crippen LogP contribution in [0.1, 0.15) is 0 Å². The molecule has 0 aromatic carbocycles. The van der Waals surface area contributed by atoms with Crippen LogP contribution in [0.3, 0.4) is 0 Å². The lowest BCUT2D eigenvalue weighted by Gasteiger charge is -2.19. The lowest BCUT2D eigenvalue weighted by atomic mass is 10.4. The van der Waals surface area contributed by atoms with Crippen molar-refractivity contribution in [1.82, 2.24) is 19.4 Å². The topological polar surface area (TPSA) is 49.2 Å². The Balaban J connectivity index is 2.65. The second-order valence-electron chi connectivity index (χ2n) is 4.04. The number of hydrogen-bond donors (Lipinski definition) is 1. The molecule has 2 rings (SSSR count). The predicted molar refractivity (Wildman–Crippen MR) is 61.1 cm³/mol. The van der Waals surface area contributed by atoms with Gasteiger partial charge >= 0.3 is 5.96 Å². The van der Waals surface area contributed by atoms with Gasteiger partial charge in [0, 0.05) is 6.20 Å². The maximum Gasteiger partial charge on any atom is 0.380 e. The van der Waals surface area contributed by atoms with Crippen LogP contribution in [0.4, 0.5) is 0 Å². The van der Waals surface area contributed by atoms with E-state index < -0.39 is 0 Å². The molecule has 0 atom stereocenters. The predicted octanol–water partition coefficient (Wildman–Crippen LogP) is 0.113. The van der Waals surface area contributed by atoms with Crippen molar-refractivity contribution < 1.29 is 9.78 Å². The molecule has 6 nitrogen and oxygen atoms in total. The van der Waals surface area contributed by atoms with Crippen molar-refractivity contribution in [1.29, 1.82) is 0 Å². The molecule has 0 aliphatic heterocycles. The quantitative estimate of drug-likeness (QED) is 0.298. The highest BCUT2D eigenvalue weighted by Crippen LogP contribution is 2.14. The van der Waals surface area contributed by atoms with Crippen LogP contribution in [0, 0.1) is 0 Å². The van der Waals surface area contributed by atoms with E-state index in [-0.39, 0.29) is 0 Å². The molecule has 1 N–H and O–H groups in total. The molecule has 0 unspecified atom stereocenters. The van der Waals surface area contributed by atoms with Gasteiger partial charge in [-0.25, -0.2) is 4.98 Å². The normalized spacial score (nSPS) is 10.8. The third-order valence-electron chi connectivity index (χ3n) is 2.36. The highest BCUT2D eigenvalue weighted by Gasteiger charge is 2.27. The summed E-state index contributed by atoms with van der Waals surface area (Å²) in [5.74, 6) is 0.864. The zero-order valence-corrected chi connectivity index (χ0v) is 9.92. The number of rotatable bonds is 0. The Bertz CT molecular complexity index is 545. The van der Waals surface area contributed by atoms with Gasteiger partial charge in [-0.15, -0.1) is 0 Å². The van der Waals surface area contributed by atoms with Gasteiger partial charge in [0.05, 0.1) is 28.2 Å². The molecule has 16 heavy (non-hydrogen) atoms. The third-order valence-corrected chi connectivity index (χ3v) is 2.36. The van der Waals surface area contributed by atoms with E-state index in [0.717, 1.165) is 16.3 Å². The third kappa shape index (κ3) is 1.34. The molecular formula is C10H16N5O+. The van der Waals surface area contributed by atoms with Crippen molar-refractivity contribution in [2.24, 2.45) is 0 Å². The Labute approximate surface area is 93.6 Å². The van der Waals surface area contributed by atoms with Gasteiger partial charge in [-0.2, -0.15) is 0 Å². The Hall–Kier alpha value is -1.98. The maximum absolute atomic E-state index is 9.85. The number of hydrogen-bond acceptors (Lipinski definition) is 2. The van der Waals surface area contributed by atoms with Crippen LogP contribution in [0.25, 0.3) is 11.2 Å². The van der Waals surface area contributed by atoms with Crippen molar-refractivity contribution in [3.8, 4) is 0 Å². The molecule has 0 spiro atoms. The van der Waals surface area contributed by atoms with Crippen molar-refractivity contribution in [3.05, 3.63) is 18.3 Å². The largest absolute Gasteiger partial charge is 0.401 e. The lowest BCUT2D eigenvalue weighted by molar-refractivity contribution is -0.472. The summed E-state index contributed by atoms with van der Waals surface area (Å²) < 4.78 is 3.63. The summed E-state index contributed by atoms with van der Waals surface area (Å²) in [5.41, 5.74) is 1.46. The first kappa shape index (κ1) is 10.5. The maximum atomic E-state index is 9.85. The van der Waals surface area contributed by atoms with Crippen LogP contribution in [-0.2, 0) is 0 Å². The lowest BCUT2D eigenvalue weighted by Crippen LogP contribution is -2.42. The number of fused-ring (bicyclic) bond motifs is 1. The van der Waals surface area contributed by atoms with E-state index in [9.17, 15) is 5.21 Å². The van der Waals surface area contributed by atoms with Crippen molar-refractivity contribution in [3.63, 3.8) is 0 Å². The molecule has 86 valence electrons. The average Bonchev–Trinajstić information content (AvgIpc) is 2.24. The van der Waals surface area contributed by atoms with E-state index in [1.54, 1.807) is 10.9 Å². The summed E-state index contributed by atoms with van der Waals surface area (Å²) in [6.07, 6.45) is 1.66. The van der Waals surface area contributed by atoms with Gasteiger partial charge in [-0.1, -0.05) is 4.68 Å². The first-order valence-electron chi connectivity index (χ1n) is 4.99. The van der Waals surface area contributed by atoms with Crippen LogP contribution in [0.15, 0.2) is 18.3 Å². The molecule has 0 fully saturated rings. The highest BCUT2D eigenvalue weighted by molar-refractivity contribution is 5.89. The first-order chi connectivity index (χ1) is 7.54. The highest BCUT2D eigenvalue weighted by atomic mass is 16.5. The van der Waals surface area contributed by atoms with E-state index >= 15 is 0 Å². The van der Waals surface area contributed by atoms with Gasteiger partial charge < -0.3 is 5.21 Å². The molecule has 6 heteroatoms. The number of nitrogens with zero attached hydrogens (tertiary/aromatic N) is 5. The average molecular weight is 222 g/mol. The minimum atomic E-state index is 0.573.